The van der Waals surface area contributed by atoms with Crippen molar-refractivity contribution in [2.24, 2.45) is 5.92 Å². The third-order valence-corrected chi connectivity index (χ3v) is 3.94. The second-order valence-electron chi connectivity index (χ2n) is 5.71. The Hall–Kier alpha value is -2.29. The van der Waals surface area contributed by atoms with Gasteiger partial charge in [-0.05, 0) is 24.6 Å². The third kappa shape index (κ3) is 2.77. The molecular weight excluding hydrogens is 260 g/mol. The Kier molecular flexibility index (Phi) is 3.65. The van der Waals surface area contributed by atoms with Crippen LogP contribution in [0.3, 0.4) is 0 Å². The zero-order chi connectivity index (χ0) is 14.8. The van der Waals surface area contributed by atoms with Gasteiger partial charge < -0.3 is 10.2 Å². The lowest BCUT2D eigenvalue weighted by atomic mass is 10.1. The van der Waals surface area contributed by atoms with Gasteiger partial charge in [-0.1, -0.05) is 48.9 Å². The first kappa shape index (κ1) is 13.7. The highest BCUT2D eigenvalue weighted by molar-refractivity contribution is 5.99. The van der Waals surface area contributed by atoms with E-state index in [1.807, 2.05) is 36.1 Å². The van der Waals surface area contributed by atoms with E-state index in [2.05, 4.69) is 36.5 Å². The van der Waals surface area contributed by atoms with Gasteiger partial charge in [0.25, 0.3) is 0 Å². The van der Waals surface area contributed by atoms with Crippen LogP contribution in [0, 0.1) is 12.8 Å². The van der Waals surface area contributed by atoms with E-state index in [0.29, 0.717) is 13.1 Å². The Balaban J connectivity index is 1.97. The van der Waals surface area contributed by atoms with E-state index in [4.69, 9.17) is 0 Å². The largest absolute Gasteiger partial charge is 0.383 e. The van der Waals surface area contributed by atoms with E-state index in [9.17, 15) is 4.79 Å². The smallest absolute Gasteiger partial charge is 0.231 e. The van der Waals surface area contributed by atoms with E-state index in [1.165, 1.54) is 5.56 Å². The molecule has 0 saturated carbocycles. The minimum atomic E-state index is -0.0251. The molecule has 0 spiro atoms. The molecule has 1 aliphatic rings. The number of carbonyl (C=O) groups is 1. The Morgan fingerprint density at radius 2 is 1.86 bits per heavy atom. The molecule has 2 aromatic carbocycles. The first-order chi connectivity index (χ1) is 10.1. The van der Waals surface area contributed by atoms with Gasteiger partial charge in [0.05, 0.1) is 23.8 Å². The molecule has 0 fully saturated rings. The fourth-order valence-electron chi connectivity index (χ4n) is 2.63. The highest BCUT2D eigenvalue weighted by atomic mass is 16.2. The summed E-state index contributed by atoms with van der Waals surface area (Å²) in [6.45, 7) is 5.34. The van der Waals surface area contributed by atoms with Crippen molar-refractivity contribution in [1.29, 1.82) is 0 Å². The van der Waals surface area contributed by atoms with Crippen molar-refractivity contribution < 1.29 is 4.79 Å². The average Bonchev–Trinajstić information content (AvgIpc) is 2.62. The third-order valence-electron chi connectivity index (χ3n) is 3.94. The molecular formula is C18H20N2O. The van der Waals surface area contributed by atoms with Gasteiger partial charge in [-0.15, -0.1) is 0 Å². The van der Waals surface area contributed by atoms with Gasteiger partial charge in [-0.2, -0.15) is 0 Å². The summed E-state index contributed by atoms with van der Waals surface area (Å²) in [4.78, 5) is 14.6. The summed E-state index contributed by atoms with van der Waals surface area (Å²) < 4.78 is 0. The summed E-state index contributed by atoms with van der Waals surface area (Å²) in [6.07, 6.45) is 0. The number of hydrogen-bond acceptors (Lipinski definition) is 2. The number of carbonyl (C=O) groups excluding carboxylic acids is 1. The number of nitrogens with zero attached hydrogens (tertiary/aromatic N) is 1. The van der Waals surface area contributed by atoms with E-state index in [0.717, 1.165) is 16.9 Å². The number of rotatable bonds is 2. The van der Waals surface area contributed by atoms with Crippen molar-refractivity contribution >= 4 is 17.3 Å². The molecule has 1 heterocycles. The van der Waals surface area contributed by atoms with Crippen LogP contribution in [-0.4, -0.2) is 12.5 Å². The molecule has 21 heavy (non-hydrogen) atoms. The van der Waals surface area contributed by atoms with Crippen LogP contribution in [0.15, 0.2) is 48.5 Å². The second kappa shape index (κ2) is 5.60. The molecule has 0 radical (unpaired) electrons. The molecule has 1 aliphatic heterocycles. The van der Waals surface area contributed by atoms with Crippen molar-refractivity contribution in [3.8, 4) is 0 Å². The van der Waals surface area contributed by atoms with Crippen LogP contribution in [0.25, 0.3) is 0 Å². The molecule has 0 saturated heterocycles. The second-order valence-corrected chi connectivity index (χ2v) is 5.71. The van der Waals surface area contributed by atoms with Gasteiger partial charge in [-0.3, -0.25) is 4.79 Å². The molecule has 3 heteroatoms. The Bertz CT molecular complexity index is 649. The number of nitrogens with one attached hydrogen (secondary N) is 1. The highest BCUT2D eigenvalue weighted by Crippen LogP contribution is 2.31. The summed E-state index contributed by atoms with van der Waals surface area (Å²) in [5.74, 6) is 0.149. The zero-order valence-electron chi connectivity index (χ0n) is 12.5. The van der Waals surface area contributed by atoms with Gasteiger partial charge in [0.1, 0.15) is 0 Å². The summed E-state index contributed by atoms with van der Waals surface area (Å²) in [7, 11) is 0. The lowest BCUT2D eigenvalue weighted by Crippen LogP contribution is -2.34. The molecule has 0 aliphatic carbocycles. The van der Waals surface area contributed by atoms with Crippen molar-refractivity contribution in [3.05, 3.63) is 59.7 Å². The van der Waals surface area contributed by atoms with E-state index < -0.39 is 0 Å². The molecule has 3 nitrogen and oxygen atoms in total. The van der Waals surface area contributed by atoms with Crippen LogP contribution in [0.1, 0.15) is 18.1 Å². The van der Waals surface area contributed by atoms with Crippen molar-refractivity contribution in [2.45, 2.75) is 20.4 Å². The maximum atomic E-state index is 12.7. The number of hydrogen-bond donors (Lipinski definition) is 1. The summed E-state index contributed by atoms with van der Waals surface area (Å²) in [6, 6.07) is 16.4. The van der Waals surface area contributed by atoms with E-state index in [1.54, 1.807) is 0 Å². The molecule has 2 aromatic rings. The van der Waals surface area contributed by atoms with E-state index in [-0.39, 0.29) is 11.8 Å². The average molecular weight is 280 g/mol. The van der Waals surface area contributed by atoms with Crippen LogP contribution in [0.5, 0.6) is 0 Å². The SMILES string of the molecule is Cc1ccc(CN2C(=O)[C@H](C)CNc3ccccc32)cc1. The maximum Gasteiger partial charge on any atom is 0.231 e. The van der Waals surface area contributed by atoms with Gasteiger partial charge in [0.2, 0.25) is 5.91 Å². The standard InChI is InChI=1S/C18H20N2O/c1-13-7-9-15(10-8-13)12-20-17-6-4-3-5-16(17)19-11-14(2)18(20)21/h3-10,14,19H,11-12H2,1-2H3/t14-/m1/s1. The normalized spacial score (nSPS) is 17.9. The van der Waals surface area contributed by atoms with Crippen molar-refractivity contribution in [2.75, 3.05) is 16.8 Å². The Morgan fingerprint density at radius 3 is 2.62 bits per heavy atom. The van der Waals surface area contributed by atoms with E-state index >= 15 is 0 Å². The summed E-state index contributed by atoms with van der Waals surface area (Å²) >= 11 is 0. The maximum absolute atomic E-state index is 12.7. The topological polar surface area (TPSA) is 32.3 Å². The fraction of sp³-hybridized carbons (Fsp3) is 0.278. The predicted octanol–water partition coefficient (Wildman–Crippen LogP) is 3.59. The monoisotopic (exact) mass is 280 g/mol. The van der Waals surface area contributed by atoms with Crippen LogP contribution in [0.4, 0.5) is 11.4 Å². The highest BCUT2D eigenvalue weighted by Gasteiger charge is 2.27. The number of fused-ring (bicyclic) bond motifs is 1. The van der Waals surface area contributed by atoms with Gasteiger partial charge >= 0.3 is 0 Å². The minimum Gasteiger partial charge on any atom is -0.383 e. The number of amides is 1. The molecule has 0 bridgehead atoms. The number of benzene rings is 2. The molecule has 1 N–H and O–H groups in total. The fourth-order valence-corrected chi connectivity index (χ4v) is 2.63. The lowest BCUT2D eigenvalue weighted by molar-refractivity contribution is -0.121. The van der Waals surface area contributed by atoms with Gasteiger partial charge in [0.15, 0.2) is 0 Å². The Labute approximate surface area is 125 Å². The van der Waals surface area contributed by atoms with Crippen molar-refractivity contribution in [3.63, 3.8) is 0 Å². The lowest BCUT2D eigenvalue weighted by Gasteiger charge is -2.24. The minimum absolute atomic E-state index is 0.0251. The first-order valence-electron chi connectivity index (χ1n) is 7.35. The molecule has 0 unspecified atom stereocenters. The molecule has 3 rings (SSSR count). The molecule has 108 valence electrons. The molecule has 0 aromatic heterocycles. The number of para-hydroxylation sites is 2. The number of aryl methyl sites for hydroxylation is 1. The quantitative estimate of drug-likeness (QED) is 0.911. The molecule has 1 amide bonds. The van der Waals surface area contributed by atoms with Crippen LogP contribution >= 0.6 is 0 Å². The first-order valence-corrected chi connectivity index (χ1v) is 7.35. The predicted molar refractivity (Wildman–Crippen MR) is 86.5 cm³/mol. The number of anilines is 2. The van der Waals surface area contributed by atoms with Crippen LogP contribution in [0.2, 0.25) is 0 Å². The van der Waals surface area contributed by atoms with Crippen LogP contribution in [-0.2, 0) is 11.3 Å². The Morgan fingerprint density at radius 1 is 1.14 bits per heavy atom. The molecule has 1 atom stereocenters. The van der Waals surface area contributed by atoms with Crippen molar-refractivity contribution in [1.82, 2.24) is 0 Å². The van der Waals surface area contributed by atoms with Gasteiger partial charge in [-0.25, -0.2) is 0 Å². The summed E-state index contributed by atoms with van der Waals surface area (Å²) in [5.41, 5.74) is 4.38. The zero-order valence-corrected chi connectivity index (χ0v) is 12.5. The van der Waals surface area contributed by atoms with Gasteiger partial charge in [0, 0.05) is 6.54 Å². The van der Waals surface area contributed by atoms with Crippen LogP contribution < -0.4 is 10.2 Å². The summed E-state index contributed by atoms with van der Waals surface area (Å²) in [5, 5.41) is 3.37.